The van der Waals surface area contributed by atoms with Crippen LogP contribution in [0.15, 0.2) is 22.9 Å². The predicted molar refractivity (Wildman–Crippen MR) is 57.9 cm³/mol. The van der Waals surface area contributed by atoms with Crippen LogP contribution in [-0.4, -0.2) is 18.2 Å². The molecule has 2 atom stereocenters. The molecule has 1 aromatic rings. The van der Waals surface area contributed by atoms with Gasteiger partial charge in [-0.05, 0) is 34.5 Å². The van der Waals surface area contributed by atoms with Crippen LogP contribution in [-0.2, 0) is 9.78 Å². The van der Waals surface area contributed by atoms with E-state index in [4.69, 9.17) is 4.89 Å². The van der Waals surface area contributed by atoms with E-state index >= 15 is 0 Å². The summed E-state index contributed by atoms with van der Waals surface area (Å²) in [7, 11) is 1.52. The van der Waals surface area contributed by atoms with Gasteiger partial charge in [-0.3, -0.25) is 0 Å². The van der Waals surface area contributed by atoms with E-state index in [2.05, 4.69) is 32.7 Å². The van der Waals surface area contributed by atoms with Crippen molar-refractivity contribution in [2.75, 3.05) is 7.11 Å². The van der Waals surface area contributed by atoms with E-state index in [0.29, 0.717) is 0 Å². The van der Waals surface area contributed by atoms with Crippen molar-refractivity contribution in [1.82, 2.24) is 4.98 Å². The Kier molecular flexibility index (Phi) is 4.51. The minimum absolute atomic E-state index is 0.0166. The minimum atomic E-state index is 0.0166. The SMILES string of the molecule is COOC(C)C(C)c1ccc(Br)nc1. The summed E-state index contributed by atoms with van der Waals surface area (Å²) < 4.78 is 0.841. The lowest BCUT2D eigenvalue weighted by Gasteiger charge is -2.18. The molecule has 4 heteroatoms. The second-order valence-electron chi connectivity index (χ2n) is 3.17. The molecule has 1 aromatic heterocycles. The quantitative estimate of drug-likeness (QED) is 0.474. The van der Waals surface area contributed by atoms with Crippen molar-refractivity contribution >= 4 is 15.9 Å². The molecule has 1 rings (SSSR count). The van der Waals surface area contributed by atoms with E-state index in [-0.39, 0.29) is 12.0 Å². The normalized spacial score (nSPS) is 15.1. The number of aromatic nitrogens is 1. The zero-order chi connectivity index (χ0) is 10.6. The molecule has 0 amide bonds. The molecular formula is C10H14BrNO2. The highest BCUT2D eigenvalue weighted by atomic mass is 79.9. The second-order valence-corrected chi connectivity index (χ2v) is 3.98. The molecule has 0 saturated carbocycles. The lowest BCUT2D eigenvalue weighted by Crippen LogP contribution is -2.16. The van der Waals surface area contributed by atoms with Gasteiger partial charge in [0.05, 0.1) is 13.2 Å². The highest BCUT2D eigenvalue weighted by Crippen LogP contribution is 2.21. The summed E-state index contributed by atoms with van der Waals surface area (Å²) in [6.07, 6.45) is 1.85. The van der Waals surface area contributed by atoms with Crippen LogP contribution in [0.1, 0.15) is 25.3 Å². The maximum Gasteiger partial charge on any atom is 0.106 e. The molecule has 0 spiro atoms. The molecule has 0 N–H and O–H groups in total. The molecular weight excluding hydrogens is 246 g/mol. The van der Waals surface area contributed by atoms with E-state index in [9.17, 15) is 0 Å². The lowest BCUT2D eigenvalue weighted by molar-refractivity contribution is -0.304. The van der Waals surface area contributed by atoms with Crippen LogP contribution < -0.4 is 0 Å². The summed E-state index contributed by atoms with van der Waals surface area (Å²) in [5.41, 5.74) is 1.14. The molecule has 0 bridgehead atoms. The van der Waals surface area contributed by atoms with Crippen LogP contribution >= 0.6 is 15.9 Å². The molecule has 0 radical (unpaired) electrons. The van der Waals surface area contributed by atoms with Crippen LogP contribution in [0.4, 0.5) is 0 Å². The number of hydrogen-bond donors (Lipinski definition) is 0. The number of pyridine rings is 1. The second kappa shape index (κ2) is 5.44. The number of hydrogen-bond acceptors (Lipinski definition) is 3. The monoisotopic (exact) mass is 259 g/mol. The Balaban J connectivity index is 2.68. The predicted octanol–water partition coefficient (Wildman–Crippen LogP) is 2.91. The van der Waals surface area contributed by atoms with Gasteiger partial charge in [-0.1, -0.05) is 13.0 Å². The van der Waals surface area contributed by atoms with Gasteiger partial charge in [-0.15, -0.1) is 0 Å². The van der Waals surface area contributed by atoms with E-state index in [0.717, 1.165) is 10.2 Å². The summed E-state index contributed by atoms with van der Waals surface area (Å²) >= 11 is 3.30. The van der Waals surface area contributed by atoms with Crippen molar-refractivity contribution in [1.29, 1.82) is 0 Å². The van der Waals surface area contributed by atoms with Crippen LogP contribution in [0.2, 0.25) is 0 Å². The number of nitrogens with zero attached hydrogens (tertiary/aromatic N) is 1. The highest BCUT2D eigenvalue weighted by molar-refractivity contribution is 9.10. The molecule has 3 nitrogen and oxygen atoms in total. The van der Waals surface area contributed by atoms with E-state index in [1.54, 1.807) is 0 Å². The van der Waals surface area contributed by atoms with Crippen molar-refractivity contribution in [2.24, 2.45) is 0 Å². The smallest absolute Gasteiger partial charge is 0.106 e. The first kappa shape index (κ1) is 11.6. The van der Waals surface area contributed by atoms with Crippen LogP contribution in [0.5, 0.6) is 0 Å². The van der Waals surface area contributed by atoms with E-state index < -0.39 is 0 Å². The Hall–Kier alpha value is -0.450. The Morgan fingerprint density at radius 2 is 2.07 bits per heavy atom. The average Bonchev–Trinajstić information content (AvgIpc) is 2.18. The van der Waals surface area contributed by atoms with Gasteiger partial charge in [0.15, 0.2) is 0 Å². The third kappa shape index (κ3) is 3.04. The summed E-state index contributed by atoms with van der Waals surface area (Å²) in [5, 5.41) is 0. The fourth-order valence-electron chi connectivity index (χ4n) is 1.16. The molecule has 0 aliphatic rings. The topological polar surface area (TPSA) is 31.4 Å². The van der Waals surface area contributed by atoms with Crippen LogP contribution in [0.3, 0.4) is 0 Å². The van der Waals surface area contributed by atoms with Gasteiger partial charge in [0, 0.05) is 12.1 Å². The maximum absolute atomic E-state index is 5.05. The first-order chi connectivity index (χ1) is 6.65. The zero-order valence-electron chi connectivity index (χ0n) is 8.53. The summed E-state index contributed by atoms with van der Waals surface area (Å²) in [6, 6.07) is 3.95. The Bertz CT molecular complexity index is 276. The fourth-order valence-corrected chi connectivity index (χ4v) is 1.40. The van der Waals surface area contributed by atoms with Crippen molar-refractivity contribution in [3.8, 4) is 0 Å². The van der Waals surface area contributed by atoms with Gasteiger partial charge in [0.2, 0.25) is 0 Å². The van der Waals surface area contributed by atoms with Crippen molar-refractivity contribution < 1.29 is 9.78 Å². The zero-order valence-corrected chi connectivity index (χ0v) is 10.1. The molecule has 1 heterocycles. The number of halogens is 1. The van der Waals surface area contributed by atoms with Gasteiger partial charge in [-0.25, -0.2) is 14.8 Å². The fraction of sp³-hybridized carbons (Fsp3) is 0.500. The lowest BCUT2D eigenvalue weighted by atomic mass is 9.98. The highest BCUT2D eigenvalue weighted by Gasteiger charge is 2.15. The Labute approximate surface area is 92.5 Å². The average molecular weight is 260 g/mol. The molecule has 78 valence electrons. The maximum atomic E-state index is 5.05. The number of rotatable bonds is 4. The first-order valence-corrected chi connectivity index (χ1v) is 5.25. The van der Waals surface area contributed by atoms with Crippen LogP contribution in [0.25, 0.3) is 0 Å². The minimum Gasteiger partial charge on any atom is -0.249 e. The molecule has 0 aromatic carbocycles. The Morgan fingerprint density at radius 3 is 2.57 bits per heavy atom. The van der Waals surface area contributed by atoms with Crippen molar-refractivity contribution in [3.63, 3.8) is 0 Å². The van der Waals surface area contributed by atoms with Gasteiger partial charge in [-0.2, -0.15) is 0 Å². The van der Waals surface area contributed by atoms with Crippen LogP contribution in [0, 0.1) is 0 Å². The van der Waals surface area contributed by atoms with Crippen molar-refractivity contribution in [2.45, 2.75) is 25.9 Å². The van der Waals surface area contributed by atoms with Gasteiger partial charge < -0.3 is 0 Å². The van der Waals surface area contributed by atoms with E-state index in [1.165, 1.54) is 7.11 Å². The Morgan fingerprint density at radius 1 is 1.36 bits per heavy atom. The summed E-state index contributed by atoms with van der Waals surface area (Å²) in [6.45, 7) is 4.05. The summed E-state index contributed by atoms with van der Waals surface area (Å²) in [4.78, 5) is 13.9. The third-order valence-electron chi connectivity index (χ3n) is 2.23. The molecule has 0 fully saturated rings. The molecule has 0 aliphatic carbocycles. The molecule has 0 aliphatic heterocycles. The van der Waals surface area contributed by atoms with Crippen molar-refractivity contribution in [3.05, 3.63) is 28.5 Å². The first-order valence-electron chi connectivity index (χ1n) is 4.46. The van der Waals surface area contributed by atoms with Gasteiger partial charge in [0.25, 0.3) is 0 Å². The standard InChI is InChI=1S/C10H14BrNO2/c1-7(8(2)14-13-3)9-4-5-10(11)12-6-9/h4-8H,1-3H3. The van der Waals surface area contributed by atoms with E-state index in [1.807, 2.05) is 25.3 Å². The van der Waals surface area contributed by atoms with Gasteiger partial charge >= 0.3 is 0 Å². The third-order valence-corrected chi connectivity index (χ3v) is 2.70. The molecule has 0 saturated heterocycles. The largest absolute Gasteiger partial charge is 0.249 e. The summed E-state index contributed by atoms with van der Waals surface area (Å²) in [5.74, 6) is 0.260. The molecule has 14 heavy (non-hydrogen) atoms. The van der Waals surface area contributed by atoms with Gasteiger partial charge in [0.1, 0.15) is 4.60 Å². The molecule has 2 unspecified atom stereocenters.